The largest absolute Gasteiger partial charge is 0.347 e. The lowest BCUT2D eigenvalue weighted by atomic mass is 10.1. The van der Waals surface area contributed by atoms with Crippen LogP contribution in [0, 0.1) is 6.92 Å². The Balaban J connectivity index is 2.08. The maximum absolute atomic E-state index is 5.79. The van der Waals surface area contributed by atoms with Crippen LogP contribution in [-0.2, 0) is 9.47 Å². The average Bonchev–Trinajstić information content (AvgIpc) is 2.23. The summed E-state index contributed by atoms with van der Waals surface area (Å²) >= 11 is 0. The van der Waals surface area contributed by atoms with Gasteiger partial charge in [0.05, 0.1) is 18.8 Å². The first-order valence-electron chi connectivity index (χ1n) is 5.26. The predicted molar refractivity (Wildman–Crippen MR) is 58.4 cm³/mol. The minimum Gasteiger partial charge on any atom is -0.347 e. The van der Waals surface area contributed by atoms with Crippen molar-refractivity contribution < 1.29 is 9.47 Å². The van der Waals surface area contributed by atoms with Crippen LogP contribution in [0.5, 0.6) is 0 Å². The molecule has 82 valence electrons. The van der Waals surface area contributed by atoms with Gasteiger partial charge in [-0.2, -0.15) is 0 Å². The number of ether oxygens (including phenoxy) is 2. The molecule has 1 aromatic carbocycles. The minimum atomic E-state index is -0.264. The van der Waals surface area contributed by atoms with Crippen molar-refractivity contribution in [2.45, 2.75) is 32.3 Å². The lowest BCUT2D eigenvalue weighted by molar-refractivity contribution is -0.219. The highest BCUT2D eigenvalue weighted by Crippen LogP contribution is 2.25. The Morgan fingerprint density at radius 2 is 1.93 bits per heavy atom. The van der Waals surface area contributed by atoms with Gasteiger partial charge in [-0.25, -0.2) is 0 Å². The fourth-order valence-electron chi connectivity index (χ4n) is 1.57. The summed E-state index contributed by atoms with van der Waals surface area (Å²) in [5, 5.41) is 0. The minimum absolute atomic E-state index is 0.0216. The standard InChI is InChI=1S/C12H17NO2/c1-8-3-5-10(6-4-8)12-14-7-11(13)9(2)15-12/h3-6,9,11-12H,7,13H2,1-2H3/t9-,11+,12-/m0/s1. The Hall–Kier alpha value is -0.900. The van der Waals surface area contributed by atoms with Crippen LogP contribution in [0.1, 0.15) is 24.3 Å². The summed E-state index contributed by atoms with van der Waals surface area (Å²) in [5.74, 6) is 0. The summed E-state index contributed by atoms with van der Waals surface area (Å²) in [4.78, 5) is 0. The Labute approximate surface area is 90.2 Å². The molecule has 0 aromatic heterocycles. The highest BCUT2D eigenvalue weighted by molar-refractivity contribution is 5.22. The van der Waals surface area contributed by atoms with E-state index in [2.05, 4.69) is 19.1 Å². The number of hydrogen-bond acceptors (Lipinski definition) is 3. The number of rotatable bonds is 1. The van der Waals surface area contributed by atoms with Gasteiger partial charge in [0.25, 0.3) is 0 Å². The molecule has 1 heterocycles. The SMILES string of the molecule is Cc1ccc([C@H]2OC[C@@H](N)[C@H](C)O2)cc1. The molecule has 0 amide bonds. The zero-order chi connectivity index (χ0) is 10.8. The second kappa shape index (κ2) is 4.31. The van der Waals surface area contributed by atoms with Gasteiger partial charge in [0.1, 0.15) is 0 Å². The number of hydrogen-bond donors (Lipinski definition) is 1. The Bertz CT molecular complexity index is 323. The van der Waals surface area contributed by atoms with Gasteiger partial charge in [0, 0.05) is 5.56 Å². The van der Waals surface area contributed by atoms with E-state index < -0.39 is 0 Å². The van der Waals surface area contributed by atoms with Gasteiger partial charge in [0.2, 0.25) is 0 Å². The first-order chi connectivity index (χ1) is 7.16. The van der Waals surface area contributed by atoms with Crippen molar-refractivity contribution in [2.24, 2.45) is 5.73 Å². The molecule has 2 N–H and O–H groups in total. The topological polar surface area (TPSA) is 44.5 Å². The van der Waals surface area contributed by atoms with E-state index in [9.17, 15) is 0 Å². The van der Waals surface area contributed by atoms with E-state index in [-0.39, 0.29) is 18.4 Å². The maximum Gasteiger partial charge on any atom is 0.184 e. The summed E-state index contributed by atoms with van der Waals surface area (Å²) in [7, 11) is 0. The fraction of sp³-hybridized carbons (Fsp3) is 0.500. The van der Waals surface area contributed by atoms with Crippen LogP contribution in [0.2, 0.25) is 0 Å². The second-order valence-electron chi connectivity index (χ2n) is 4.08. The molecule has 0 unspecified atom stereocenters. The molecule has 3 heteroatoms. The van der Waals surface area contributed by atoms with Crippen LogP contribution in [0.15, 0.2) is 24.3 Å². The predicted octanol–water partition coefficient (Wildman–Crippen LogP) is 1.76. The Kier molecular flexibility index (Phi) is 3.05. The quantitative estimate of drug-likeness (QED) is 0.763. The van der Waals surface area contributed by atoms with E-state index in [0.717, 1.165) is 5.56 Å². The van der Waals surface area contributed by atoms with Crippen LogP contribution in [0.25, 0.3) is 0 Å². The molecule has 1 fully saturated rings. The summed E-state index contributed by atoms with van der Waals surface area (Å²) in [6.07, 6.45) is -0.217. The van der Waals surface area contributed by atoms with Crippen molar-refractivity contribution in [3.05, 3.63) is 35.4 Å². The van der Waals surface area contributed by atoms with E-state index in [1.807, 2.05) is 19.1 Å². The summed E-state index contributed by atoms with van der Waals surface area (Å²) in [6.45, 7) is 4.60. The average molecular weight is 207 g/mol. The van der Waals surface area contributed by atoms with Crippen molar-refractivity contribution >= 4 is 0 Å². The zero-order valence-electron chi connectivity index (χ0n) is 9.14. The van der Waals surface area contributed by atoms with E-state index in [4.69, 9.17) is 15.2 Å². The van der Waals surface area contributed by atoms with Gasteiger partial charge < -0.3 is 15.2 Å². The normalized spacial score (nSPS) is 31.5. The first-order valence-corrected chi connectivity index (χ1v) is 5.26. The van der Waals surface area contributed by atoms with E-state index >= 15 is 0 Å². The Morgan fingerprint density at radius 1 is 1.27 bits per heavy atom. The van der Waals surface area contributed by atoms with Gasteiger partial charge >= 0.3 is 0 Å². The van der Waals surface area contributed by atoms with E-state index in [1.165, 1.54) is 5.56 Å². The van der Waals surface area contributed by atoms with Crippen LogP contribution in [0.3, 0.4) is 0 Å². The summed E-state index contributed by atoms with van der Waals surface area (Å²) in [5.41, 5.74) is 8.08. The maximum atomic E-state index is 5.79. The lowest BCUT2D eigenvalue weighted by Crippen LogP contribution is -2.44. The second-order valence-corrected chi connectivity index (χ2v) is 4.08. The zero-order valence-corrected chi connectivity index (χ0v) is 9.14. The van der Waals surface area contributed by atoms with E-state index in [0.29, 0.717) is 6.61 Å². The third-order valence-corrected chi connectivity index (χ3v) is 2.73. The molecule has 15 heavy (non-hydrogen) atoms. The van der Waals surface area contributed by atoms with Gasteiger partial charge in [-0.1, -0.05) is 29.8 Å². The van der Waals surface area contributed by atoms with Gasteiger partial charge in [-0.3, -0.25) is 0 Å². The number of aryl methyl sites for hydroxylation is 1. The molecule has 0 radical (unpaired) electrons. The molecule has 1 aromatic rings. The van der Waals surface area contributed by atoms with Gasteiger partial charge in [-0.05, 0) is 13.8 Å². The van der Waals surface area contributed by atoms with E-state index in [1.54, 1.807) is 0 Å². The molecule has 1 saturated heterocycles. The summed E-state index contributed by atoms with van der Waals surface area (Å²) < 4.78 is 11.2. The van der Waals surface area contributed by atoms with Crippen LogP contribution >= 0.6 is 0 Å². The lowest BCUT2D eigenvalue weighted by Gasteiger charge is -2.32. The third kappa shape index (κ3) is 2.37. The summed E-state index contributed by atoms with van der Waals surface area (Å²) in [6, 6.07) is 8.15. The number of nitrogens with two attached hydrogens (primary N) is 1. The van der Waals surface area contributed by atoms with Crippen molar-refractivity contribution in [3.63, 3.8) is 0 Å². The van der Waals surface area contributed by atoms with Crippen LogP contribution < -0.4 is 5.73 Å². The van der Waals surface area contributed by atoms with Crippen molar-refractivity contribution in [2.75, 3.05) is 6.61 Å². The Morgan fingerprint density at radius 3 is 2.53 bits per heavy atom. The third-order valence-electron chi connectivity index (χ3n) is 2.73. The highest BCUT2D eigenvalue weighted by atomic mass is 16.7. The first kappa shape index (κ1) is 10.6. The number of benzene rings is 1. The molecule has 0 spiro atoms. The molecule has 1 aliphatic heterocycles. The van der Waals surface area contributed by atoms with Crippen molar-refractivity contribution in [1.82, 2.24) is 0 Å². The molecule has 0 aliphatic carbocycles. The smallest absolute Gasteiger partial charge is 0.184 e. The molecular weight excluding hydrogens is 190 g/mol. The molecule has 3 atom stereocenters. The molecule has 2 rings (SSSR count). The fourth-order valence-corrected chi connectivity index (χ4v) is 1.57. The van der Waals surface area contributed by atoms with Crippen molar-refractivity contribution in [3.8, 4) is 0 Å². The highest BCUT2D eigenvalue weighted by Gasteiger charge is 2.26. The van der Waals surface area contributed by atoms with Gasteiger partial charge in [-0.15, -0.1) is 0 Å². The molecule has 0 bridgehead atoms. The molecular formula is C12H17NO2. The molecule has 0 saturated carbocycles. The monoisotopic (exact) mass is 207 g/mol. The van der Waals surface area contributed by atoms with Crippen molar-refractivity contribution in [1.29, 1.82) is 0 Å². The molecule has 1 aliphatic rings. The van der Waals surface area contributed by atoms with Gasteiger partial charge in [0.15, 0.2) is 6.29 Å². The molecule has 3 nitrogen and oxygen atoms in total. The van der Waals surface area contributed by atoms with Crippen LogP contribution in [0.4, 0.5) is 0 Å². The van der Waals surface area contributed by atoms with Crippen LogP contribution in [-0.4, -0.2) is 18.8 Å².